The molecule has 55 heavy (non-hydrogen) atoms. The summed E-state index contributed by atoms with van der Waals surface area (Å²) < 4.78 is 32.7. The molecule has 1 unspecified atom stereocenters. The minimum atomic E-state index is -4.62. The fourth-order valence-electron chi connectivity index (χ4n) is 6.10. The fraction of sp³-hybridized carbons (Fsp3) is 0.864. The largest absolute Gasteiger partial charge is 0.472 e. The van der Waals surface area contributed by atoms with Crippen LogP contribution >= 0.6 is 7.82 Å². The van der Waals surface area contributed by atoms with Crippen molar-refractivity contribution in [2.45, 2.75) is 219 Å². The third kappa shape index (κ3) is 40.4. The summed E-state index contributed by atoms with van der Waals surface area (Å²) in [6.45, 7) is 2.37. The highest BCUT2D eigenvalue weighted by molar-refractivity contribution is 7.47. The van der Waals surface area contributed by atoms with Gasteiger partial charge in [0.1, 0.15) is 12.7 Å². The molecule has 0 fully saturated rings. The highest BCUT2D eigenvalue weighted by Crippen LogP contribution is 2.43. The second kappa shape index (κ2) is 40.6. The van der Waals surface area contributed by atoms with Crippen molar-refractivity contribution in [2.24, 2.45) is 0 Å². The topological polar surface area (TPSA) is 149 Å². The molecule has 0 spiro atoms. The lowest BCUT2D eigenvalue weighted by Crippen LogP contribution is -2.29. The van der Waals surface area contributed by atoms with E-state index in [1.54, 1.807) is 0 Å². The van der Waals surface area contributed by atoms with Crippen molar-refractivity contribution >= 4 is 19.8 Å². The minimum Gasteiger partial charge on any atom is -0.462 e. The van der Waals surface area contributed by atoms with E-state index in [0.717, 1.165) is 57.8 Å². The predicted octanol–water partition coefficient (Wildman–Crippen LogP) is 11.8. The van der Waals surface area contributed by atoms with Gasteiger partial charge in [-0.2, -0.15) is 0 Å². The number of phosphoric ester groups is 1. The van der Waals surface area contributed by atoms with E-state index in [1.165, 1.54) is 109 Å². The summed E-state index contributed by atoms with van der Waals surface area (Å²) in [6, 6.07) is 0. The number of hydrogen-bond acceptors (Lipinski definition) is 9. The number of esters is 2. The fourth-order valence-corrected chi connectivity index (χ4v) is 6.89. The van der Waals surface area contributed by atoms with Gasteiger partial charge in [-0.05, 0) is 64.2 Å². The molecule has 0 radical (unpaired) electrons. The smallest absolute Gasteiger partial charge is 0.462 e. The molecule has 0 rings (SSSR count). The van der Waals surface area contributed by atoms with Crippen molar-refractivity contribution < 1.29 is 47.8 Å². The van der Waals surface area contributed by atoms with Crippen LogP contribution in [0.2, 0.25) is 0 Å². The maximum absolute atomic E-state index is 12.6. The molecular formula is C44H83O10P. The number of ether oxygens (including phenoxy) is 2. The highest BCUT2D eigenvalue weighted by atomic mass is 31.2. The first-order valence-corrected chi connectivity index (χ1v) is 23.8. The van der Waals surface area contributed by atoms with E-state index in [-0.39, 0.29) is 19.4 Å². The van der Waals surface area contributed by atoms with Gasteiger partial charge >= 0.3 is 19.8 Å². The zero-order valence-electron chi connectivity index (χ0n) is 35.2. The van der Waals surface area contributed by atoms with Gasteiger partial charge in [-0.3, -0.25) is 18.6 Å². The van der Waals surface area contributed by atoms with Gasteiger partial charge in [0, 0.05) is 12.8 Å². The van der Waals surface area contributed by atoms with Gasteiger partial charge in [0.25, 0.3) is 0 Å². The summed E-state index contributed by atoms with van der Waals surface area (Å²) >= 11 is 0. The lowest BCUT2D eigenvalue weighted by molar-refractivity contribution is -0.161. The van der Waals surface area contributed by atoms with Gasteiger partial charge < -0.3 is 24.6 Å². The molecule has 0 aliphatic carbocycles. The van der Waals surface area contributed by atoms with E-state index in [2.05, 4.69) is 38.2 Å². The molecule has 0 aromatic heterocycles. The van der Waals surface area contributed by atoms with Crippen LogP contribution in [0.4, 0.5) is 0 Å². The van der Waals surface area contributed by atoms with E-state index < -0.39 is 51.8 Å². The minimum absolute atomic E-state index is 0.179. The van der Waals surface area contributed by atoms with Crippen LogP contribution in [0.5, 0.6) is 0 Å². The van der Waals surface area contributed by atoms with Crippen LogP contribution in [0.3, 0.4) is 0 Å². The average Bonchev–Trinajstić information content (AvgIpc) is 3.17. The van der Waals surface area contributed by atoms with Gasteiger partial charge in [-0.1, -0.05) is 154 Å². The molecule has 0 aliphatic rings. The van der Waals surface area contributed by atoms with Gasteiger partial charge in [0.2, 0.25) is 0 Å². The summed E-state index contributed by atoms with van der Waals surface area (Å²) in [5.41, 5.74) is 0. The van der Waals surface area contributed by atoms with Gasteiger partial charge in [-0.25, -0.2) is 4.57 Å². The molecule has 0 aromatic rings. The second-order valence-electron chi connectivity index (χ2n) is 15.1. The molecule has 0 aliphatic heterocycles. The van der Waals surface area contributed by atoms with Crippen molar-refractivity contribution in [1.29, 1.82) is 0 Å². The highest BCUT2D eigenvalue weighted by Gasteiger charge is 2.27. The zero-order valence-corrected chi connectivity index (χ0v) is 36.0. The second-order valence-corrected chi connectivity index (χ2v) is 16.5. The standard InChI is InChI=1S/C44H83O10P/c1-3-5-7-9-11-13-15-17-19-20-22-24-26-28-30-32-34-36-44(48)54-42(40-53-55(49,50)52-38-41(46)37-45)39-51-43(47)35-33-31-29-27-25-23-21-18-16-14-12-10-8-6-4-2/h17-19,21,41-42,45-46H,3-16,20,22-40H2,1-2H3,(H,49,50)/b19-17-,21-18-/t41-,42+/m0/s1. The quantitative estimate of drug-likeness (QED) is 0.0236. The number of aliphatic hydroxyl groups excluding tert-OH is 2. The summed E-state index contributed by atoms with van der Waals surface area (Å²) in [7, 11) is -4.62. The Morgan fingerprint density at radius 1 is 0.527 bits per heavy atom. The molecule has 3 atom stereocenters. The van der Waals surface area contributed by atoms with E-state index >= 15 is 0 Å². The first-order valence-electron chi connectivity index (χ1n) is 22.3. The van der Waals surface area contributed by atoms with Crippen LogP contribution in [0.15, 0.2) is 24.3 Å². The number of unbranched alkanes of at least 4 members (excludes halogenated alkanes) is 24. The van der Waals surface area contributed by atoms with Gasteiger partial charge in [0.05, 0.1) is 19.8 Å². The Bertz CT molecular complexity index is 972. The maximum atomic E-state index is 12.6. The number of hydrogen-bond donors (Lipinski definition) is 3. The molecule has 0 amide bonds. The summed E-state index contributed by atoms with van der Waals surface area (Å²) in [5.74, 6) is -0.934. The van der Waals surface area contributed by atoms with E-state index in [0.29, 0.717) is 12.8 Å². The maximum Gasteiger partial charge on any atom is 0.472 e. The number of phosphoric acid groups is 1. The molecule has 324 valence electrons. The molecule has 0 aromatic carbocycles. The monoisotopic (exact) mass is 803 g/mol. The van der Waals surface area contributed by atoms with Crippen LogP contribution < -0.4 is 0 Å². The van der Waals surface area contributed by atoms with Crippen LogP contribution in [-0.2, 0) is 32.7 Å². The lowest BCUT2D eigenvalue weighted by atomic mass is 10.1. The van der Waals surface area contributed by atoms with Crippen molar-refractivity contribution in [3.05, 3.63) is 24.3 Å². The zero-order chi connectivity index (χ0) is 40.5. The summed E-state index contributed by atoms with van der Waals surface area (Å²) in [6.07, 6.45) is 39.9. The Hall–Kier alpha value is -1.55. The summed E-state index contributed by atoms with van der Waals surface area (Å²) in [4.78, 5) is 35.0. The first kappa shape index (κ1) is 53.5. The average molecular weight is 803 g/mol. The van der Waals surface area contributed by atoms with Crippen LogP contribution in [0.25, 0.3) is 0 Å². The number of allylic oxidation sites excluding steroid dienone is 4. The van der Waals surface area contributed by atoms with E-state index in [1.807, 2.05) is 0 Å². The Labute approximate surface area is 336 Å². The summed E-state index contributed by atoms with van der Waals surface area (Å²) in [5, 5.41) is 18.3. The molecular weight excluding hydrogens is 719 g/mol. The van der Waals surface area contributed by atoms with E-state index in [9.17, 15) is 24.2 Å². The lowest BCUT2D eigenvalue weighted by Gasteiger charge is -2.20. The van der Waals surface area contributed by atoms with Crippen molar-refractivity contribution in [3.63, 3.8) is 0 Å². The first-order chi connectivity index (χ1) is 26.7. The SMILES string of the molecule is CCCCCCCC/C=C\CCCCCCCCCC(=O)O[C@H](COC(=O)CCCCCCC/C=C\CCCCCCCC)COP(=O)(O)OC[C@@H](O)CO. The van der Waals surface area contributed by atoms with Crippen LogP contribution in [0.1, 0.15) is 206 Å². The number of carbonyl (C=O) groups excluding carboxylic acids is 2. The number of carbonyl (C=O) groups is 2. The van der Waals surface area contributed by atoms with E-state index in [4.69, 9.17) is 23.6 Å². The van der Waals surface area contributed by atoms with Crippen molar-refractivity contribution in [1.82, 2.24) is 0 Å². The molecule has 0 heterocycles. The predicted molar refractivity (Wildman–Crippen MR) is 224 cm³/mol. The van der Waals surface area contributed by atoms with Crippen LogP contribution in [-0.4, -0.2) is 65.7 Å². The third-order valence-electron chi connectivity index (χ3n) is 9.58. The Morgan fingerprint density at radius 2 is 0.891 bits per heavy atom. The molecule has 3 N–H and O–H groups in total. The Morgan fingerprint density at radius 3 is 1.31 bits per heavy atom. The molecule has 10 nitrogen and oxygen atoms in total. The molecule has 0 bridgehead atoms. The van der Waals surface area contributed by atoms with Crippen LogP contribution in [0, 0.1) is 0 Å². The molecule has 11 heteroatoms. The Kier molecular flexibility index (Phi) is 39.5. The Balaban J connectivity index is 4.29. The third-order valence-corrected chi connectivity index (χ3v) is 10.5. The van der Waals surface area contributed by atoms with Crippen molar-refractivity contribution in [3.8, 4) is 0 Å². The number of rotatable bonds is 42. The van der Waals surface area contributed by atoms with Crippen molar-refractivity contribution in [2.75, 3.05) is 26.4 Å². The van der Waals surface area contributed by atoms with Gasteiger partial charge in [-0.15, -0.1) is 0 Å². The molecule has 0 saturated heterocycles. The number of aliphatic hydroxyl groups is 2. The molecule has 0 saturated carbocycles. The van der Waals surface area contributed by atoms with Gasteiger partial charge in [0.15, 0.2) is 6.10 Å². The normalized spacial score (nSPS) is 14.1.